The average molecular weight is 522 g/mol. The minimum atomic E-state index is -3.11. The van der Waals surface area contributed by atoms with Gasteiger partial charge in [-0.1, -0.05) is 34.8 Å². The molecular formula is C19H19Cl3N4O5S. The van der Waals surface area contributed by atoms with Crippen LogP contribution in [0.25, 0.3) is 6.08 Å². The number of esters is 1. The molecule has 1 saturated heterocycles. The number of aromatic nitrogens is 3. The van der Waals surface area contributed by atoms with Gasteiger partial charge in [0.2, 0.25) is 0 Å². The Morgan fingerprint density at radius 2 is 2.06 bits per heavy atom. The Balaban J connectivity index is 1.63. The molecule has 9 nitrogen and oxygen atoms in total. The summed E-state index contributed by atoms with van der Waals surface area (Å²) in [6, 6.07) is 1.07. The topological polar surface area (TPSA) is 120 Å². The summed E-state index contributed by atoms with van der Waals surface area (Å²) in [7, 11) is -3.11. The third-order valence-electron chi connectivity index (χ3n) is 4.72. The molecule has 0 radical (unpaired) electrons. The van der Waals surface area contributed by atoms with E-state index in [-0.39, 0.29) is 33.5 Å². The lowest BCUT2D eigenvalue weighted by molar-refractivity contribution is -0.148. The molecule has 0 spiro atoms. The number of hydrogen-bond donors (Lipinski definition) is 1. The van der Waals surface area contributed by atoms with Crippen molar-refractivity contribution in [2.75, 3.05) is 16.8 Å². The molecule has 2 atom stereocenters. The van der Waals surface area contributed by atoms with E-state index >= 15 is 0 Å². The zero-order chi connectivity index (χ0) is 23.6. The van der Waals surface area contributed by atoms with E-state index in [1.807, 2.05) is 0 Å². The van der Waals surface area contributed by atoms with E-state index in [2.05, 4.69) is 15.4 Å². The first-order chi connectivity index (χ1) is 15.0. The van der Waals surface area contributed by atoms with Crippen LogP contribution in [-0.4, -0.2) is 52.7 Å². The molecule has 0 aromatic carbocycles. The number of sulfone groups is 1. The molecule has 1 N–H and O–H groups in total. The molecule has 1 amide bonds. The highest BCUT2D eigenvalue weighted by Crippen LogP contribution is 2.30. The number of nitrogens with one attached hydrogen (secondary N) is 1. The fraction of sp³-hybridized carbons (Fsp3) is 0.368. The second-order valence-electron chi connectivity index (χ2n) is 7.18. The van der Waals surface area contributed by atoms with Gasteiger partial charge in [0.15, 0.2) is 21.8 Å². The summed E-state index contributed by atoms with van der Waals surface area (Å²) in [6.07, 6.45) is 3.13. The lowest BCUT2D eigenvalue weighted by atomic mass is 10.2. The van der Waals surface area contributed by atoms with Crippen LogP contribution in [0.2, 0.25) is 15.2 Å². The molecule has 1 fully saturated rings. The van der Waals surface area contributed by atoms with Gasteiger partial charge in [0, 0.05) is 17.8 Å². The molecule has 0 unspecified atom stereocenters. The average Bonchev–Trinajstić information content (AvgIpc) is 3.20. The summed E-state index contributed by atoms with van der Waals surface area (Å²) in [5, 5.41) is 7.44. The van der Waals surface area contributed by atoms with Crippen LogP contribution in [0.3, 0.4) is 0 Å². The molecule has 3 heterocycles. The summed E-state index contributed by atoms with van der Waals surface area (Å²) in [4.78, 5) is 28.3. The van der Waals surface area contributed by atoms with E-state index in [4.69, 9.17) is 39.5 Å². The minimum Gasteiger partial charge on any atom is -0.449 e. The van der Waals surface area contributed by atoms with Gasteiger partial charge in [-0.25, -0.2) is 22.9 Å². The maximum absolute atomic E-state index is 12.2. The van der Waals surface area contributed by atoms with Gasteiger partial charge in [0.1, 0.15) is 5.15 Å². The lowest BCUT2D eigenvalue weighted by Crippen LogP contribution is -2.29. The van der Waals surface area contributed by atoms with Gasteiger partial charge in [-0.3, -0.25) is 4.79 Å². The number of pyridine rings is 1. The predicted octanol–water partition coefficient (Wildman–Crippen LogP) is 3.49. The Bertz CT molecular complexity index is 1200. The molecule has 3 rings (SSSR count). The molecule has 2 aromatic heterocycles. The Hall–Kier alpha value is -2.14. The Morgan fingerprint density at radius 3 is 2.69 bits per heavy atom. The summed E-state index contributed by atoms with van der Waals surface area (Å²) in [5.74, 6) is -1.27. The van der Waals surface area contributed by atoms with Crippen LogP contribution in [0.5, 0.6) is 0 Å². The highest BCUT2D eigenvalue weighted by Gasteiger charge is 2.31. The van der Waals surface area contributed by atoms with Crippen LogP contribution in [-0.2, 0) is 24.2 Å². The number of hydrogen-bond acceptors (Lipinski definition) is 7. The molecule has 2 aromatic rings. The number of anilines is 1. The number of amides is 1. The fourth-order valence-corrected chi connectivity index (χ4v) is 5.57. The minimum absolute atomic E-state index is 0.0296. The normalized spacial score (nSPS) is 18.6. The van der Waals surface area contributed by atoms with Crippen LogP contribution in [0, 0.1) is 6.92 Å². The molecule has 172 valence electrons. The second kappa shape index (κ2) is 9.78. The van der Waals surface area contributed by atoms with E-state index in [0.29, 0.717) is 22.7 Å². The van der Waals surface area contributed by atoms with Gasteiger partial charge in [-0.05, 0) is 32.4 Å². The molecule has 0 aliphatic carbocycles. The van der Waals surface area contributed by atoms with E-state index in [9.17, 15) is 18.0 Å². The third-order valence-corrected chi connectivity index (χ3v) is 7.34. The first kappa shape index (κ1) is 24.5. The Labute approximate surface area is 199 Å². The van der Waals surface area contributed by atoms with Crippen molar-refractivity contribution in [2.45, 2.75) is 32.4 Å². The highest BCUT2D eigenvalue weighted by atomic mass is 35.5. The summed E-state index contributed by atoms with van der Waals surface area (Å²) in [5.41, 5.74) is 0.986. The maximum atomic E-state index is 12.2. The zero-order valence-electron chi connectivity index (χ0n) is 17.0. The van der Waals surface area contributed by atoms with Crippen molar-refractivity contribution < 1.29 is 22.7 Å². The lowest BCUT2D eigenvalue weighted by Gasteiger charge is -2.12. The molecular weight excluding hydrogens is 503 g/mol. The van der Waals surface area contributed by atoms with E-state index < -0.39 is 27.8 Å². The van der Waals surface area contributed by atoms with Gasteiger partial charge in [0.05, 0.1) is 33.3 Å². The van der Waals surface area contributed by atoms with E-state index in [0.717, 1.165) is 6.08 Å². The highest BCUT2D eigenvalue weighted by molar-refractivity contribution is 7.91. The van der Waals surface area contributed by atoms with E-state index in [1.165, 1.54) is 29.9 Å². The largest absolute Gasteiger partial charge is 0.449 e. The standard InChI is InChI=1S/C19H19Cl3N4O5S/c1-10-14(17(22)26(25-10)13-5-6-32(29,30)9-13)3-4-16(27)31-11(2)19(28)24-18-15(21)7-12(20)8-23-18/h3-4,7-8,11,13H,5-6,9H2,1-2H3,(H,23,24,28)/b4-3+/t11-,13-/m0/s1. The van der Waals surface area contributed by atoms with Gasteiger partial charge in [0.25, 0.3) is 5.91 Å². The molecule has 0 saturated carbocycles. The summed E-state index contributed by atoms with van der Waals surface area (Å²) >= 11 is 18.1. The molecule has 1 aliphatic heterocycles. The van der Waals surface area contributed by atoms with Gasteiger partial charge >= 0.3 is 5.97 Å². The number of aryl methyl sites for hydroxylation is 1. The van der Waals surface area contributed by atoms with Crippen LogP contribution in [0.4, 0.5) is 5.82 Å². The summed E-state index contributed by atoms with van der Waals surface area (Å²) < 4.78 is 30.0. The maximum Gasteiger partial charge on any atom is 0.331 e. The van der Waals surface area contributed by atoms with Gasteiger partial charge < -0.3 is 10.1 Å². The summed E-state index contributed by atoms with van der Waals surface area (Å²) in [6.45, 7) is 3.08. The second-order valence-corrected chi connectivity index (χ2v) is 10.6. The van der Waals surface area contributed by atoms with Crippen LogP contribution >= 0.6 is 34.8 Å². The van der Waals surface area contributed by atoms with Gasteiger partial charge in [-0.2, -0.15) is 5.10 Å². The molecule has 32 heavy (non-hydrogen) atoms. The first-order valence-electron chi connectivity index (χ1n) is 9.42. The van der Waals surface area contributed by atoms with Crippen LogP contribution in [0.1, 0.15) is 30.6 Å². The number of nitrogens with zero attached hydrogens (tertiary/aromatic N) is 3. The molecule has 13 heteroatoms. The smallest absolute Gasteiger partial charge is 0.331 e. The number of halogens is 3. The van der Waals surface area contributed by atoms with Crippen molar-refractivity contribution in [3.05, 3.63) is 44.8 Å². The van der Waals surface area contributed by atoms with Crippen molar-refractivity contribution in [1.82, 2.24) is 14.8 Å². The number of rotatable bonds is 6. The predicted molar refractivity (Wildman–Crippen MR) is 122 cm³/mol. The van der Waals surface area contributed by atoms with Gasteiger partial charge in [-0.15, -0.1) is 0 Å². The monoisotopic (exact) mass is 520 g/mol. The zero-order valence-corrected chi connectivity index (χ0v) is 20.1. The SMILES string of the molecule is Cc1nn([C@H]2CCS(=O)(=O)C2)c(Cl)c1/C=C/C(=O)O[C@@H](C)C(=O)Nc1ncc(Cl)cc1Cl. The quantitative estimate of drug-likeness (QED) is 0.456. The Kier molecular flexibility index (Phi) is 7.49. The Morgan fingerprint density at radius 1 is 1.34 bits per heavy atom. The van der Waals surface area contributed by atoms with Crippen molar-refractivity contribution in [2.24, 2.45) is 0 Å². The number of ether oxygens (including phenoxy) is 1. The molecule has 1 aliphatic rings. The van der Waals surface area contributed by atoms with Crippen molar-refractivity contribution in [1.29, 1.82) is 0 Å². The number of carbonyl (C=O) groups is 2. The number of carbonyl (C=O) groups excluding carboxylic acids is 2. The van der Waals surface area contributed by atoms with E-state index in [1.54, 1.807) is 6.92 Å². The van der Waals surface area contributed by atoms with Crippen LogP contribution < -0.4 is 5.32 Å². The first-order valence-corrected chi connectivity index (χ1v) is 12.4. The van der Waals surface area contributed by atoms with Crippen LogP contribution in [0.15, 0.2) is 18.3 Å². The van der Waals surface area contributed by atoms with Crippen molar-refractivity contribution in [3.8, 4) is 0 Å². The molecule has 0 bridgehead atoms. The fourth-order valence-electron chi connectivity index (χ4n) is 3.07. The van der Waals surface area contributed by atoms with Crippen molar-refractivity contribution in [3.63, 3.8) is 0 Å². The third kappa shape index (κ3) is 5.80. The van der Waals surface area contributed by atoms with Crippen molar-refractivity contribution >= 4 is 68.4 Å².